The van der Waals surface area contributed by atoms with Crippen molar-refractivity contribution in [1.82, 2.24) is 9.97 Å². The molecule has 2 rings (SSSR count). The molecular weight excluding hydrogens is 293 g/mol. The van der Waals surface area contributed by atoms with Crippen LogP contribution in [-0.4, -0.2) is 15.7 Å². The van der Waals surface area contributed by atoms with Crippen molar-refractivity contribution in [2.75, 3.05) is 5.43 Å². The molecule has 0 atom stereocenters. The highest BCUT2D eigenvalue weighted by Crippen LogP contribution is 2.27. The Kier molecular flexibility index (Phi) is 4.44. The normalized spacial score (nSPS) is 12.4. The number of rotatable bonds is 3. The fraction of sp³-hybridized carbons (Fsp3) is 0.267. The summed E-state index contributed by atoms with van der Waals surface area (Å²) in [6.07, 6.45) is -3.47. The van der Waals surface area contributed by atoms with E-state index in [-0.39, 0.29) is 5.95 Å². The number of aromatic nitrogens is 2. The van der Waals surface area contributed by atoms with Crippen LogP contribution in [0.5, 0.6) is 0 Å². The minimum Gasteiger partial charge on any atom is -0.245 e. The summed E-state index contributed by atoms with van der Waals surface area (Å²) in [4.78, 5) is 7.11. The van der Waals surface area contributed by atoms with E-state index < -0.39 is 11.9 Å². The predicted octanol–water partition coefficient (Wildman–Crippen LogP) is 3.95. The highest BCUT2D eigenvalue weighted by atomic mass is 19.4. The summed E-state index contributed by atoms with van der Waals surface area (Å²) in [5, 5.41) is 4.03. The second-order valence-electron chi connectivity index (χ2n) is 4.87. The highest BCUT2D eigenvalue weighted by molar-refractivity contribution is 5.99. The Morgan fingerprint density at radius 1 is 1.14 bits per heavy atom. The second kappa shape index (κ2) is 6.13. The zero-order chi connectivity index (χ0) is 16.3. The van der Waals surface area contributed by atoms with E-state index in [0.717, 1.165) is 29.0 Å². The monoisotopic (exact) mass is 308 g/mol. The molecule has 1 aromatic carbocycles. The van der Waals surface area contributed by atoms with Crippen LogP contribution in [0.15, 0.2) is 35.6 Å². The van der Waals surface area contributed by atoms with Gasteiger partial charge in [0.1, 0.15) is 5.69 Å². The van der Waals surface area contributed by atoms with Crippen molar-refractivity contribution in [3.8, 4) is 0 Å². The van der Waals surface area contributed by atoms with Crippen LogP contribution in [0.4, 0.5) is 19.1 Å². The van der Waals surface area contributed by atoms with Gasteiger partial charge in [0.05, 0.1) is 5.71 Å². The number of hydrazone groups is 1. The molecule has 116 valence electrons. The van der Waals surface area contributed by atoms with Gasteiger partial charge in [-0.2, -0.15) is 18.3 Å². The van der Waals surface area contributed by atoms with Crippen LogP contribution in [0, 0.1) is 13.8 Å². The number of alkyl halides is 3. The summed E-state index contributed by atoms with van der Waals surface area (Å²) in [7, 11) is 0. The summed E-state index contributed by atoms with van der Waals surface area (Å²) in [6, 6.07) is 6.63. The van der Waals surface area contributed by atoms with E-state index in [1.54, 1.807) is 6.92 Å². The van der Waals surface area contributed by atoms with Crippen LogP contribution in [0.3, 0.4) is 0 Å². The molecule has 1 heterocycles. The molecule has 0 aliphatic heterocycles. The molecule has 0 aliphatic rings. The molecule has 0 bridgehead atoms. The summed E-state index contributed by atoms with van der Waals surface area (Å²) < 4.78 is 37.7. The Balaban J connectivity index is 2.19. The van der Waals surface area contributed by atoms with Crippen molar-refractivity contribution >= 4 is 11.7 Å². The molecule has 1 aromatic heterocycles. The molecular formula is C15H15F3N4. The number of aryl methyl sites for hydroxylation is 2. The zero-order valence-corrected chi connectivity index (χ0v) is 12.4. The first-order chi connectivity index (χ1) is 10.3. The smallest absolute Gasteiger partial charge is 0.245 e. The van der Waals surface area contributed by atoms with Gasteiger partial charge in [0.25, 0.3) is 0 Å². The van der Waals surface area contributed by atoms with Crippen LogP contribution >= 0.6 is 0 Å². The zero-order valence-electron chi connectivity index (χ0n) is 12.4. The molecule has 0 spiro atoms. The Labute approximate surface area is 126 Å². The van der Waals surface area contributed by atoms with E-state index in [1.165, 1.54) is 0 Å². The van der Waals surface area contributed by atoms with E-state index in [1.807, 2.05) is 32.0 Å². The first-order valence-corrected chi connectivity index (χ1v) is 6.55. The molecule has 22 heavy (non-hydrogen) atoms. The van der Waals surface area contributed by atoms with Crippen LogP contribution in [0.1, 0.15) is 29.3 Å². The van der Waals surface area contributed by atoms with Crippen LogP contribution in [0.25, 0.3) is 0 Å². The van der Waals surface area contributed by atoms with Crippen molar-refractivity contribution in [3.05, 3.63) is 52.8 Å². The van der Waals surface area contributed by atoms with Gasteiger partial charge in [0.2, 0.25) is 5.95 Å². The van der Waals surface area contributed by atoms with Gasteiger partial charge in [-0.3, -0.25) is 0 Å². The van der Waals surface area contributed by atoms with Gasteiger partial charge >= 0.3 is 6.18 Å². The lowest BCUT2D eigenvalue weighted by molar-refractivity contribution is -0.141. The third-order valence-corrected chi connectivity index (χ3v) is 3.19. The lowest BCUT2D eigenvalue weighted by Crippen LogP contribution is -2.10. The number of nitrogens with zero attached hydrogens (tertiary/aromatic N) is 3. The lowest BCUT2D eigenvalue weighted by Gasteiger charge is -2.07. The topological polar surface area (TPSA) is 50.2 Å². The average Bonchev–Trinajstić information content (AvgIpc) is 2.47. The fourth-order valence-corrected chi connectivity index (χ4v) is 1.74. The molecule has 4 nitrogen and oxygen atoms in total. The van der Waals surface area contributed by atoms with Crippen molar-refractivity contribution < 1.29 is 13.2 Å². The van der Waals surface area contributed by atoms with Crippen LogP contribution in [-0.2, 0) is 6.18 Å². The Morgan fingerprint density at radius 2 is 1.86 bits per heavy atom. The Bertz CT molecular complexity index is 708. The van der Waals surface area contributed by atoms with Crippen LogP contribution in [0.2, 0.25) is 0 Å². The Morgan fingerprint density at radius 3 is 2.50 bits per heavy atom. The third-order valence-electron chi connectivity index (χ3n) is 3.19. The maximum atomic E-state index is 12.6. The molecule has 7 heteroatoms. The molecule has 0 amide bonds. The van der Waals surface area contributed by atoms with Crippen molar-refractivity contribution in [3.63, 3.8) is 0 Å². The van der Waals surface area contributed by atoms with E-state index >= 15 is 0 Å². The molecule has 0 saturated heterocycles. The first kappa shape index (κ1) is 15.9. The van der Waals surface area contributed by atoms with Crippen LogP contribution < -0.4 is 5.43 Å². The van der Waals surface area contributed by atoms with Gasteiger partial charge in [-0.15, -0.1) is 0 Å². The molecule has 2 aromatic rings. The number of hydrogen-bond acceptors (Lipinski definition) is 4. The second-order valence-corrected chi connectivity index (χ2v) is 4.87. The van der Waals surface area contributed by atoms with Crippen molar-refractivity contribution in [2.45, 2.75) is 26.9 Å². The van der Waals surface area contributed by atoms with Crippen molar-refractivity contribution in [1.29, 1.82) is 0 Å². The fourth-order valence-electron chi connectivity index (χ4n) is 1.74. The minimum atomic E-state index is -4.51. The number of benzene rings is 1. The van der Waals surface area contributed by atoms with Gasteiger partial charge in [-0.05, 0) is 49.6 Å². The summed E-state index contributed by atoms with van der Waals surface area (Å²) >= 11 is 0. The highest BCUT2D eigenvalue weighted by Gasteiger charge is 2.32. The first-order valence-electron chi connectivity index (χ1n) is 6.55. The van der Waals surface area contributed by atoms with Gasteiger partial charge < -0.3 is 0 Å². The average molecular weight is 308 g/mol. The van der Waals surface area contributed by atoms with E-state index in [2.05, 4.69) is 20.5 Å². The van der Waals surface area contributed by atoms with E-state index in [4.69, 9.17) is 0 Å². The molecule has 0 unspecified atom stereocenters. The SMILES string of the molecule is C/C(=N\Nc1nccc(C(F)(F)F)n1)c1ccc(C)c(C)c1. The molecule has 0 radical (unpaired) electrons. The summed E-state index contributed by atoms with van der Waals surface area (Å²) in [5.74, 6) is -0.196. The maximum Gasteiger partial charge on any atom is 0.433 e. The molecule has 1 N–H and O–H groups in total. The Hall–Kier alpha value is -2.44. The lowest BCUT2D eigenvalue weighted by atomic mass is 10.0. The minimum absolute atomic E-state index is 0.196. The van der Waals surface area contributed by atoms with Crippen molar-refractivity contribution in [2.24, 2.45) is 5.10 Å². The third kappa shape index (κ3) is 3.81. The van der Waals surface area contributed by atoms with Gasteiger partial charge in [-0.1, -0.05) is 12.1 Å². The van der Waals surface area contributed by atoms with Gasteiger partial charge in [0.15, 0.2) is 0 Å². The largest absolute Gasteiger partial charge is 0.433 e. The standard InChI is InChI=1S/C15H15F3N4/c1-9-4-5-12(8-10(9)2)11(3)21-22-14-19-7-6-13(20-14)15(16,17)18/h4-8H,1-3H3,(H,19,20,22)/b21-11+. The molecule has 0 fully saturated rings. The molecule has 0 aliphatic carbocycles. The number of halogens is 3. The quantitative estimate of drug-likeness (QED) is 0.690. The number of hydrogen-bond donors (Lipinski definition) is 1. The van der Waals surface area contributed by atoms with E-state index in [9.17, 15) is 13.2 Å². The van der Waals surface area contributed by atoms with Gasteiger partial charge in [0, 0.05) is 6.20 Å². The number of nitrogens with one attached hydrogen (secondary N) is 1. The summed E-state index contributed by atoms with van der Waals surface area (Å²) in [6.45, 7) is 5.74. The summed E-state index contributed by atoms with van der Waals surface area (Å²) in [5.41, 5.74) is 5.22. The van der Waals surface area contributed by atoms with Gasteiger partial charge in [-0.25, -0.2) is 15.4 Å². The molecule has 0 saturated carbocycles. The maximum absolute atomic E-state index is 12.6. The van der Waals surface area contributed by atoms with E-state index in [0.29, 0.717) is 5.71 Å². The number of anilines is 1. The predicted molar refractivity (Wildman–Crippen MR) is 78.8 cm³/mol.